The number of phosphoric ester groups is 1. The molecule has 118 heavy (non-hydrogen) atoms. The molecule has 1 saturated heterocycles. The number of carbonyl (C=O) groups is 3. The number of rotatable bonds is 43. The van der Waals surface area contributed by atoms with E-state index in [0.717, 1.165) is 61.9 Å². The highest BCUT2D eigenvalue weighted by Gasteiger charge is 2.47. The lowest BCUT2D eigenvalue weighted by Crippen LogP contribution is -2.31. The number of azide groups is 2. The number of allylic oxidation sites excluding steroid dienone is 8. The number of fused-ring (bicyclic) bond motifs is 3. The second-order valence-corrected chi connectivity index (χ2v) is 34.9. The summed E-state index contributed by atoms with van der Waals surface area (Å²) >= 11 is 0. The normalized spacial score (nSPS) is 19.3. The van der Waals surface area contributed by atoms with Crippen molar-refractivity contribution < 1.29 is 116 Å². The summed E-state index contributed by atoms with van der Waals surface area (Å²) in [6.45, 7) is 16.1. The van der Waals surface area contributed by atoms with Gasteiger partial charge in [-0.1, -0.05) is 105 Å². The van der Waals surface area contributed by atoms with Crippen LogP contribution in [0.1, 0.15) is 172 Å². The fourth-order valence-corrected chi connectivity index (χ4v) is 18.1. The zero-order valence-corrected chi connectivity index (χ0v) is 69.6. The van der Waals surface area contributed by atoms with Crippen LogP contribution in [0.25, 0.3) is 31.9 Å². The van der Waals surface area contributed by atoms with Crippen molar-refractivity contribution in [1.82, 2.24) is 20.0 Å². The highest BCUT2D eigenvalue weighted by molar-refractivity contribution is 7.85. The van der Waals surface area contributed by atoms with E-state index < -0.39 is 94.7 Å². The van der Waals surface area contributed by atoms with Gasteiger partial charge in [0.05, 0.1) is 105 Å². The van der Waals surface area contributed by atoms with Gasteiger partial charge in [-0.2, -0.15) is 27.1 Å². The van der Waals surface area contributed by atoms with Crippen LogP contribution < -0.4 is 16.1 Å². The molecule has 6 aromatic rings. The number of likely N-dealkylation sites (N-methyl/N-ethyl adjacent to an activating group) is 1. The Bertz CT molecular complexity index is 5210. The van der Waals surface area contributed by atoms with Gasteiger partial charge in [-0.05, 0) is 134 Å². The number of para-hydroxylation sites is 1. The first-order valence-electron chi connectivity index (χ1n) is 38.0. The molecule has 1 fully saturated rings. The van der Waals surface area contributed by atoms with Crippen molar-refractivity contribution in [2.75, 3.05) is 83.1 Å². The third-order valence-corrected chi connectivity index (χ3v) is 24.8. The van der Waals surface area contributed by atoms with E-state index in [1.165, 1.54) is 76.1 Å². The van der Waals surface area contributed by atoms with Gasteiger partial charge in [0.2, 0.25) is 5.69 Å². The summed E-state index contributed by atoms with van der Waals surface area (Å²) in [5.41, 5.74) is 37.4. The molecule has 634 valence electrons. The second-order valence-electron chi connectivity index (χ2n) is 29.0. The topological polar surface area (TPSA) is 512 Å². The lowest BCUT2D eigenvalue weighted by molar-refractivity contribution is -0.438. The number of nitrogens with zero attached hydrogens (tertiary/aromatic N) is 11. The summed E-state index contributed by atoms with van der Waals surface area (Å²) in [5, 5.41) is 7.66. The van der Waals surface area contributed by atoms with Gasteiger partial charge < -0.3 is 72.8 Å². The molecule has 0 radical (unpaired) electrons. The van der Waals surface area contributed by atoms with Crippen molar-refractivity contribution >= 4 is 85.4 Å². The van der Waals surface area contributed by atoms with E-state index in [0.29, 0.717) is 37.3 Å². The number of esters is 2. The number of carbonyl (C=O) groups excluding carboxylic acids is 3. The number of hydroxylamine groups is 1. The fourth-order valence-electron chi connectivity index (χ4n) is 14.5. The molecule has 1 aliphatic carbocycles. The third-order valence-electron chi connectivity index (χ3n) is 20.2. The first kappa shape index (κ1) is 91.2. The van der Waals surface area contributed by atoms with E-state index in [1.54, 1.807) is 37.3 Å². The molecule has 4 aliphatic rings. The van der Waals surface area contributed by atoms with Crippen molar-refractivity contribution in [1.29, 1.82) is 0 Å². The van der Waals surface area contributed by atoms with Crippen molar-refractivity contribution in [3.8, 4) is 0 Å². The molecule has 5 heterocycles. The highest BCUT2D eigenvalue weighted by Crippen LogP contribution is 2.66. The molecule has 2 aromatic heterocycles. The first-order valence-corrected chi connectivity index (χ1v) is 44.0. The summed E-state index contributed by atoms with van der Waals surface area (Å²) in [7, 11) is -21.8. The summed E-state index contributed by atoms with van der Waals surface area (Å²) in [4.78, 5) is 100. The maximum atomic E-state index is 14.0. The SMILES string of the molecule is CCN1/C(=C/C=C2C=C(/C=C/C3=[N+](CCCCCC(=O)ONCCOCCOCCOCCOCc4ccc(C(=O)OCc5cn([C@H]6CC(OC(=O)c7ccccc7C(C)N=[N+]=[N-])[C@@H](COP(=O)(O)OP(=O)(O)OP(=O)(O)O)O6)c6ncnc(N)c56)c([C@@H](C)N=[N+]=[N-])c4)c4ccccc4C3(C)C)CCC/2)C(C)(C)c2cc(S(=O)(=O)O)ccc21. The first-order chi connectivity index (χ1) is 56.1. The van der Waals surface area contributed by atoms with Gasteiger partial charge in [-0.3, -0.25) is 13.9 Å². The van der Waals surface area contributed by atoms with Crippen LogP contribution >= 0.6 is 23.5 Å². The summed E-state index contributed by atoms with van der Waals surface area (Å²) in [6, 6.07) is 22.4. The number of nitrogen functional groups attached to an aromatic ring is 1. The molecule has 41 heteroatoms. The van der Waals surface area contributed by atoms with Crippen LogP contribution in [0.15, 0.2) is 160 Å². The molecule has 37 nitrogen and oxygen atoms in total. The van der Waals surface area contributed by atoms with E-state index in [9.17, 15) is 56.4 Å². The molecular weight excluding hydrogens is 1620 g/mol. The van der Waals surface area contributed by atoms with E-state index in [-0.39, 0.29) is 114 Å². The lowest BCUT2D eigenvalue weighted by Gasteiger charge is -2.26. The molecular formula is C77H97N13O24P3S+. The minimum absolute atomic E-state index is 0.0361. The Morgan fingerprint density at radius 3 is 2.18 bits per heavy atom. The minimum atomic E-state index is -5.94. The van der Waals surface area contributed by atoms with Crippen LogP contribution in [-0.4, -0.2) is 160 Å². The van der Waals surface area contributed by atoms with Gasteiger partial charge in [0.1, 0.15) is 49.4 Å². The molecule has 3 aliphatic heterocycles. The maximum Gasteiger partial charge on any atom is 0.490 e. The predicted octanol–water partition coefficient (Wildman–Crippen LogP) is 13.8. The number of unbranched alkanes of at least 4 members (excludes halogenated alkanes) is 2. The van der Waals surface area contributed by atoms with E-state index in [4.69, 9.17) is 63.6 Å². The Morgan fingerprint density at radius 1 is 0.780 bits per heavy atom. The van der Waals surface area contributed by atoms with Crippen LogP contribution in [0, 0.1) is 0 Å². The van der Waals surface area contributed by atoms with E-state index in [1.807, 2.05) is 0 Å². The Hall–Kier alpha value is -9.16. The lowest BCUT2D eigenvalue weighted by atomic mass is 9.81. The van der Waals surface area contributed by atoms with Crippen molar-refractivity contribution in [2.24, 2.45) is 10.2 Å². The molecule has 0 saturated carbocycles. The molecule has 10 rings (SSSR count). The fraction of sp³-hybridized carbons (Fsp3) is 0.455. The maximum absolute atomic E-state index is 14.0. The number of nitrogens with two attached hydrogens (primary N) is 1. The quantitative estimate of drug-likeness (QED) is 0.00179. The number of hydrogen-bond donors (Lipinski definition) is 7. The van der Waals surface area contributed by atoms with Crippen LogP contribution in [0.2, 0.25) is 0 Å². The van der Waals surface area contributed by atoms with Gasteiger partial charge in [-0.25, -0.2) is 33.3 Å². The van der Waals surface area contributed by atoms with Crippen LogP contribution in [0.5, 0.6) is 0 Å². The molecule has 4 unspecified atom stereocenters. The summed E-state index contributed by atoms with van der Waals surface area (Å²) < 4.78 is 127. The Labute approximate surface area is 681 Å². The molecule has 0 spiro atoms. The van der Waals surface area contributed by atoms with Gasteiger partial charge in [-0.15, -0.1) is 0 Å². The number of ether oxygens (including phenoxy) is 7. The van der Waals surface area contributed by atoms with Crippen LogP contribution in [0.3, 0.4) is 0 Å². The Kier molecular flexibility index (Phi) is 31.5. The number of benzene rings is 4. The second kappa shape index (κ2) is 40.7. The van der Waals surface area contributed by atoms with Crippen molar-refractivity contribution in [2.45, 2.75) is 159 Å². The van der Waals surface area contributed by atoms with E-state index >= 15 is 0 Å². The van der Waals surface area contributed by atoms with Gasteiger partial charge in [0.15, 0.2) is 5.71 Å². The monoisotopic (exact) mass is 1710 g/mol. The largest absolute Gasteiger partial charge is 0.490 e. The highest BCUT2D eigenvalue weighted by atomic mass is 32.2. The Balaban J connectivity index is 0.624. The molecule has 7 atom stereocenters. The Morgan fingerprint density at radius 2 is 1.47 bits per heavy atom. The molecule has 4 aromatic carbocycles. The number of hydrogen-bond acceptors (Lipinski definition) is 26. The minimum Gasteiger partial charge on any atom is -0.457 e. The van der Waals surface area contributed by atoms with Crippen molar-refractivity contribution in [3.05, 3.63) is 210 Å². The number of aromatic nitrogens is 3. The van der Waals surface area contributed by atoms with Gasteiger partial charge in [0.25, 0.3) is 10.1 Å². The molecule has 0 amide bonds. The number of nitrogens with one attached hydrogen (secondary N) is 1. The zero-order chi connectivity index (χ0) is 85.2. The summed E-state index contributed by atoms with van der Waals surface area (Å²) in [6.07, 6.45) is 14.8. The van der Waals surface area contributed by atoms with Crippen LogP contribution in [-0.2, 0) is 104 Å². The van der Waals surface area contributed by atoms with Crippen LogP contribution in [0.4, 0.5) is 17.2 Å². The summed E-state index contributed by atoms with van der Waals surface area (Å²) in [5.74, 6) is -2.23. The molecule has 8 N–H and O–H groups in total. The van der Waals surface area contributed by atoms with E-state index in [2.05, 4.69) is 143 Å². The van der Waals surface area contributed by atoms with Gasteiger partial charge in [0, 0.05) is 81.9 Å². The number of anilines is 2. The van der Waals surface area contributed by atoms with Crippen molar-refractivity contribution in [3.63, 3.8) is 0 Å². The average molecular weight is 1710 g/mol. The third kappa shape index (κ3) is 23.9. The number of phosphoric acid groups is 3. The average Bonchev–Trinajstić information content (AvgIpc) is 1.60. The molecule has 0 bridgehead atoms. The zero-order valence-electron chi connectivity index (χ0n) is 66.1. The standard InChI is InChI=1S/C77H96N13O24P3S/c1-8-88-64-29-27-56(118(101,102)103)43-62(64)77(6,7)67(88)30-25-52-17-16-18-53(41-52)26-31-68-76(4,5)61-21-13-14-22-63(61)89(68)33-15-9-10-23-70(91)112-83-32-34-104-35-36-105-37-38-106-39-40-107-46-54-24-28-59(60(42-54)51(3)85-87-80)74(92)108-47-55-45-90(73-71(55)72(78)81-49-82-73)69-44-65(111-75(93)58-20-12-11-19-57(58)50(2)84-86-79)66(110-69)48-109-116(97,98)114-117(99,100)113-115(94,95)96/h11-14,19-22,24-31,41-43,45,49-51,65-66,69,83H,8-10,15-18,23,32-40,44,46-48H2,1-7H3,(H6-,78,81,82,94,95,96,97,98,99,100,101,102,103)/p+1/t50?,51-,65?,66-,69-/m1/s1. The smallest absolute Gasteiger partial charge is 0.457 e. The predicted molar refractivity (Wildman–Crippen MR) is 430 cm³/mol. The van der Waals surface area contributed by atoms with Gasteiger partial charge >= 0.3 is 41.4 Å².